The van der Waals surface area contributed by atoms with Crippen LogP contribution in [-0.4, -0.2) is 17.4 Å². The SMILES string of the molecule is Nc1cnc(Cl)cc1C(=O)NCCCC1CCCC1. The first-order chi connectivity index (χ1) is 9.16. The molecule has 3 N–H and O–H groups in total. The van der Waals surface area contributed by atoms with Gasteiger partial charge in [-0.1, -0.05) is 37.3 Å². The van der Waals surface area contributed by atoms with Gasteiger partial charge in [0.1, 0.15) is 5.15 Å². The summed E-state index contributed by atoms with van der Waals surface area (Å²) in [7, 11) is 0. The normalized spacial score (nSPS) is 15.6. The standard InChI is InChI=1S/C14H20ClN3O/c15-13-8-11(12(16)9-18-13)14(19)17-7-3-6-10-4-1-2-5-10/h8-10H,1-7,16H2,(H,17,19). The lowest BCUT2D eigenvalue weighted by Crippen LogP contribution is -2.25. The fourth-order valence-corrected chi connectivity index (χ4v) is 2.78. The largest absolute Gasteiger partial charge is 0.397 e. The number of amides is 1. The highest BCUT2D eigenvalue weighted by Gasteiger charge is 2.15. The van der Waals surface area contributed by atoms with E-state index in [2.05, 4.69) is 10.3 Å². The third-order valence-corrected chi connectivity index (χ3v) is 3.90. The lowest BCUT2D eigenvalue weighted by Gasteiger charge is -2.10. The molecule has 1 saturated carbocycles. The summed E-state index contributed by atoms with van der Waals surface area (Å²) in [5, 5.41) is 3.17. The molecular weight excluding hydrogens is 262 g/mol. The van der Waals surface area contributed by atoms with E-state index in [0.717, 1.165) is 12.3 Å². The molecule has 0 aromatic carbocycles. The number of carbonyl (C=O) groups is 1. The molecule has 0 radical (unpaired) electrons. The molecule has 19 heavy (non-hydrogen) atoms. The summed E-state index contributed by atoms with van der Waals surface area (Å²) in [6.45, 7) is 0.689. The van der Waals surface area contributed by atoms with Gasteiger partial charge in [-0.25, -0.2) is 4.98 Å². The van der Waals surface area contributed by atoms with Gasteiger partial charge in [0.2, 0.25) is 0 Å². The van der Waals surface area contributed by atoms with Gasteiger partial charge < -0.3 is 11.1 Å². The lowest BCUT2D eigenvalue weighted by atomic mass is 10.0. The van der Waals surface area contributed by atoms with E-state index in [-0.39, 0.29) is 11.1 Å². The molecule has 1 fully saturated rings. The van der Waals surface area contributed by atoms with Crippen molar-refractivity contribution < 1.29 is 4.79 Å². The highest BCUT2D eigenvalue weighted by molar-refractivity contribution is 6.29. The maximum atomic E-state index is 11.9. The lowest BCUT2D eigenvalue weighted by molar-refractivity contribution is 0.0953. The van der Waals surface area contributed by atoms with Crippen LogP contribution in [0.25, 0.3) is 0 Å². The zero-order chi connectivity index (χ0) is 13.7. The van der Waals surface area contributed by atoms with Crippen molar-refractivity contribution in [3.8, 4) is 0 Å². The smallest absolute Gasteiger partial charge is 0.253 e. The molecule has 0 unspecified atom stereocenters. The molecule has 4 nitrogen and oxygen atoms in total. The summed E-state index contributed by atoms with van der Waals surface area (Å²) in [6.07, 6.45) is 9.06. The van der Waals surface area contributed by atoms with Crippen LogP contribution in [0, 0.1) is 5.92 Å². The Morgan fingerprint density at radius 2 is 2.21 bits per heavy atom. The van der Waals surface area contributed by atoms with Gasteiger partial charge in [-0.05, 0) is 24.8 Å². The second-order valence-corrected chi connectivity index (χ2v) is 5.53. The third-order valence-electron chi connectivity index (χ3n) is 3.70. The zero-order valence-corrected chi connectivity index (χ0v) is 11.7. The van der Waals surface area contributed by atoms with Gasteiger partial charge in [-0.15, -0.1) is 0 Å². The monoisotopic (exact) mass is 281 g/mol. The van der Waals surface area contributed by atoms with E-state index in [1.54, 1.807) is 0 Å². The van der Waals surface area contributed by atoms with Crippen LogP contribution >= 0.6 is 11.6 Å². The number of nitrogens with two attached hydrogens (primary N) is 1. The van der Waals surface area contributed by atoms with Gasteiger partial charge in [-0.2, -0.15) is 0 Å². The Labute approximate surface area is 118 Å². The molecular formula is C14H20ClN3O. The number of aromatic nitrogens is 1. The molecule has 0 bridgehead atoms. The number of rotatable bonds is 5. The first kappa shape index (κ1) is 14.1. The van der Waals surface area contributed by atoms with Gasteiger partial charge >= 0.3 is 0 Å². The van der Waals surface area contributed by atoms with Gasteiger partial charge in [0.25, 0.3) is 5.91 Å². The molecule has 1 aromatic rings. The maximum Gasteiger partial charge on any atom is 0.253 e. The van der Waals surface area contributed by atoms with Crippen LogP contribution in [-0.2, 0) is 0 Å². The van der Waals surface area contributed by atoms with Crippen molar-refractivity contribution >= 4 is 23.2 Å². The zero-order valence-electron chi connectivity index (χ0n) is 11.0. The number of nitrogens with one attached hydrogen (secondary N) is 1. The molecule has 1 aliphatic rings. The average molecular weight is 282 g/mol. The minimum absolute atomic E-state index is 0.173. The number of hydrogen-bond donors (Lipinski definition) is 2. The minimum atomic E-state index is -0.173. The molecule has 5 heteroatoms. The molecule has 1 aromatic heterocycles. The van der Waals surface area contributed by atoms with Gasteiger partial charge in [0.15, 0.2) is 0 Å². The van der Waals surface area contributed by atoms with Gasteiger partial charge in [-0.3, -0.25) is 4.79 Å². The number of anilines is 1. The van der Waals surface area contributed by atoms with Crippen molar-refractivity contribution in [2.45, 2.75) is 38.5 Å². The van der Waals surface area contributed by atoms with Crippen molar-refractivity contribution in [3.05, 3.63) is 23.0 Å². The predicted octanol–water partition coefficient (Wildman–Crippen LogP) is 3.02. The molecule has 1 heterocycles. The van der Waals surface area contributed by atoms with Gasteiger partial charge in [0, 0.05) is 6.54 Å². The Kier molecular flexibility index (Phi) is 5.02. The Morgan fingerprint density at radius 3 is 2.95 bits per heavy atom. The van der Waals surface area contributed by atoms with Crippen LogP contribution in [0.4, 0.5) is 5.69 Å². The van der Waals surface area contributed by atoms with Crippen molar-refractivity contribution in [1.29, 1.82) is 0 Å². The third kappa shape index (κ3) is 4.10. The number of halogens is 1. The van der Waals surface area contributed by atoms with Crippen LogP contribution < -0.4 is 11.1 Å². The Hall–Kier alpha value is -1.29. The number of nitrogens with zero attached hydrogens (tertiary/aromatic N) is 1. The summed E-state index contributed by atoms with van der Waals surface area (Å²) in [5.41, 5.74) is 6.47. The molecule has 0 saturated heterocycles. The topological polar surface area (TPSA) is 68.0 Å². The molecule has 0 atom stereocenters. The molecule has 104 valence electrons. The van der Waals surface area contributed by atoms with Crippen molar-refractivity contribution in [2.75, 3.05) is 12.3 Å². The van der Waals surface area contributed by atoms with Crippen LogP contribution in [0.15, 0.2) is 12.3 Å². The summed E-state index contributed by atoms with van der Waals surface area (Å²) in [4.78, 5) is 15.8. The van der Waals surface area contributed by atoms with Crippen LogP contribution in [0.3, 0.4) is 0 Å². The molecule has 0 aliphatic heterocycles. The van der Waals surface area contributed by atoms with Crippen LogP contribution in [0.5, 0.6) is 0 Å². The minimum Gasteiger partial charge on any atom is -0.397 e. The summed E-state index contributed by atoms with van der Waals surface area (Å²) in [6, 6.07) is 1.50. The quantitative estimate of drug-likeness (QED) is 0.644. The Balaban J connectivity index is 1.75. The van der Waals surface area contributed by atoms with Crippen molar-refractivity contribution in [2.24, 2.45) is 5.92 Å². The Morgan fingerprint density at radius 1 is 1.47 bits per heavy atom. The number of nitrogen functional groups attached to an aromatic ring is 1. The molecule has 1 amide bonds. The Bertz CT molecular complexity index is 444. The van der Waals surface area contributed by atoms with E-state index < -0.39 is 0 Å². The summed E-state index contributed by atoms with van der Waals surface area (Å²) < 4.78 is 0. The molecule has 2 rings (SSSR count). The van der Waals surface area contributed by atoms with E-state index in [1.807, 2.05) is 0 Å². The first-order valence-corrected chi connectivity index (χ1v) is 7.24. The first-order valence-electron chi connectivity index (χ1n) is 6.86. The van der Waals surface area contributed by atoms with Gasteiger partial charge in [0.05, 0.1) is 17.4 Å². The molecule has 1 aliphatic carbocycles. The maximum absolute atomic E-state index is 11.9. The van der Waals surface area contributed by atoms with Crippen LogP contribution in [0.1, 0.15) is 48.9 Å². The van der Waals surface area contributed by atoms with E-state index in [4.69, 9.17) is 17.3 Å². The van der Waals surface area contributed by atoms with Crippen molar-refractivity contribution in [3.63, 3.8) is 0 Å². The van der Waals surface area contributed by atoms with E-state index in [9.17, 15) is 4.79 Å². The summed E-state index contributed by atoms with van der Waals surface area (Å²) >= 11 is 5.76. The fraction of sp³-hybridized carbons (Fsp3) is 0.571. The van der Waals surface area contributed by atoms with E-state index in [0.29, 0.717) is 17.8 Å². The van der Waals surface area contributed by atoms with E-state index >= 15 is 0 Å². The number of hydrogen-bond acceptors (Lipinski definition) is 3. The average Bonchev–Trinajstić information content (AvgIpc) is 2.90. The highest BCUT2D eigenvalue weighted by Crippen LogP contribution is 2.28. The van der Waals surface area contributed by atoms with Crippen molar-refractivity contribution in [1.82, 2.24) is 10.3 Å². The fourth-order valence-electron chi connectivity index (χ4n) is 2.62. The highest BCUT2D eigenvalue weighted by atomic mass is 35.5. The predicted molar refractivity (Wildman–Crippen MR) is 77.2 cm³/mol. The van der Waals surface area contributed by atoms with Crippen LogP contribution in [0.2, 0.25) is 5.15 Å². The van der Waals surface area contributed by atoms with E-state index in [1.165, 1.54) is 44.4 Å². The number of carbonyl (C=O) groups excluding carboxylic acids is 1. The number of pyridine rings is 1. The summed E-state index contributed by atoms with van der Waals surface area (Å²) in [5.74, 6) is 0.686. The second-order valence-electron chi connectivity index (χ2n) is 5.14. The molecule has 0 spiro atoms. The second kappa shape index (κ2) is 6.75.